The number of benzene rings is 1. The van der Waals surface area contributed by atoms with E-state index >= 15 is 0 Å². The van der Waals surface area contributed by atoms with Gasteiger partial charge >= 0.3 is 0 Å². The van der Waals surface area contributed by atoms with Crippen LogP contribution in [-0.4, -0.2) is 55.8 Å². The summed E-state index contributed by atoms with van der Waals surface area (Å²) < 4.78 is 10.7. The maximum absolute atomic E-state index is 5.42. The molecule has 27 heavy (non-hydrogen) atoms. The standard InChI is InChI=1S/C21H29N3O2.ClH/c1-16-14-23(21-7-5-6-11-22-21)15-17(2)24(16)12-10-18-8-9-19(25-3)20(13-18)26-4;/h5-9,11,13,16-17H,10,12,14-15H2,1-4H3;1H. The van der Waals surface area contributed by atoms with E-state index in [4.69, 9.17) is 9.47 Å². The van der Waals surface area contributed by atoms with Crippen molar-refractivity contribution < 1.29 is 9.47 Å². The molecular weight excluding hydrogens is 362 g/mol. The van der Waals surface area contributed by atoms with Gasteiger partial charge in [-0.25, -0.2) is 4.98 Å². The summed E-state index contributed by atoms with van der Waals surface area (Å²) in [4.78, 5) is 9.49. The first kappa shape index (κ1) is 21.3. The molecule has 0 radical (unpaired) electrons. The number of rotatable bonds is 6. The lowest BCUT2D eigenvalue weighted by atomic mass is 10.1. The van der Waals surface area contributed by atoms with Crippen LogP contribution < -0.4 is 14.4 Å². The number of hydrogen-bond acceptors (Lipinski definition) is 5. The molecule has 6 heteroatoms. The van der Waals surface area contributed by atoms with E-state index < -0.39 is 0 Å². The van der Waals surface area contributed by atoms with Crippen molar-refractivity contribution in [3.8, 4) is 11.5 Å². The van der Waals surface area contributed by atoms with E-state index in [0.717, 1.165) is 43.4 Å². The molecule has 0 amide bonds. The van der Waals surface area contributed by atoms with Crippen LogP contribution in [0.4, 0.5) is 5.82 Å². The van der Waals surface area contributed by atoms with Gasteiger partial charge in [-0.3, -0.25) is 4.90 Å². The Hall–Kier alpha value is -1.98. The fraction of sp³-hybridized carbons (Fsp3) is 0.476. The van der Waals surface area contributed by atoms with E-state index in [1.165, 1.54) is 5.56 Å². The van der Waals surface area contributed by atoms with Crippen LogP contribution >= 0.6 is 12.4 Å². The third kappa shape index (κ3) is 5.05. The lowest BCUT2D eigenvalue weighted by Gasteiger charge is -2.45. The second-order valence-electron chi connectivity index (χ2n) is 6.97. The Morgan fingerprint density at radius 3 is 2.30 bits per heavy atom. The molecule has 1 aliphatic heterocycles. The third-order valence-electron chi connectivity index (χ3n) is 5.18. The summed E-state index contributed by atoms with van der Waals surface area (Å²) in [7, 11) is 3.35. The number of halogens is 1. The minimum atomic E-state index is 0. The van der Waals surface area contributed by atoms with E-state index in [2.05, 4.69) is 52.9 Å². The largest absolute Gasteiger partial charge is 0.493 e. The molecule has 2 atom stereocenters. The minimum absolute atomic E-state index is 0. The summed E-state index contributed by atoms with van der Waals surface area (Å²) in [6.45, 7) is 7.66. The molecule has 1 aromatic carbocycles. The Balaban J connectivity index is 0.00000261. The fourth-order valence-corrected chi connectivity index (χ4v) is 3.82. The maximum Gasteiger partial charge on any atom is 0.160 e. The van der Waals surface area contributed by atoms with Gasteiger partial charge in [0.15, 0.2) is 11.5 Å². The van der Waals surface area contributed by atoms with Crippen molar-refractivity contribution in [2.45, 2.75) is 32.4 Å². The second-order valence-corrected chi connectivity index (χ2v) is 6.97. The molecule has 0 aliphatic carbocycles. The zero-order valence-corrected chi connectivity index (χ0v) is 17.4. The zero-order valence-electron chi connectivity index (χ0n) is 16.6. The van der Waals surface area contributed by atoms with Gasteiger partial charge in [-0.1, -0.05) is 12.1 Å². The lowest BCUT2D eigenvalue weighted by molar-refractivity contribution is 0.133. The molecule has 1 aromatic heterocycles. The molecule has 0 bridgehead atoms. The highest BCUT2D eigenvalue weighted by Gasteiger charge is 2.29. The van der Waals surface area contributed by atoms with E-state index in [0.29, 0.717) is 12.1 Å². The van der Waals surface area contributed by atoms with Crippen LogP contribution in [0.15, 0.2) is 42.6 Å². The molecule has 5 nitrogen and oxygen atoms in total. The van der Waals surface area contributed by atoms with Gasteiger partial charge in [-0.15, -0.1) is 12.4 Å². The average molecular weight is 392 g/mol. The van der Waals surface area contributed by atoms with Gasteiger partial charge in [0.25, 0.3) is 0 Å². The Morgan fingerprint density at radius 1 is 1.00 bits per heavy atom. The van der Waals surface area contributed by atoms with Crippen molar-refractivity contribution >= 4 is 18.2 Å². The van der Waals surface area contributed by atoms with Crippen LogP contribution in [0, 0.1) is 0 Å². The van der Waals surface area contributed by atoms with Crippen LogP contribution in [0.3, 0.4) is 0 Å². The molecule has 1 fully saturated rings. The molecule has 3 rings (SSSR count). The first-order chi connectivity index (χ1) is 12.6. The van der Waals surface area contributed by atoms with E-state index in [1.807, 2.05) is 18.3 Å². The summed E-state index contributed by atoms with van der Waals surface area (Å²) in [5.41, 5.74) is 1.27. The Labute approximate surface area is 168 Å². The van der Waals surface area contributed by atoms with Crippen molar-refractivity contribution in [2.24, 2.45) is 0 Å². The number of pyridine rings is 1. The van der Waals surface area contributed by atoms with Gasteiger partial charge < -0.3 is 14.4 Å². The topological polar surface area (TPSA) is 37.8 Å². The Kier molecular flexibility index (Phi) is 7.75. The Morgan fingerprint density at radius 2 is 1.70 bits per heavy atom. The van der Waals surface area contributed by atoms with Crippen molar-refractivity contribution in [2.75, 3.05) is 38.8 Å². The van der Waals surface area contributed by atoms with Gasteiger partial charge in [-0.05, 0) is 50.1 Å². The molecular formula is C21H30ClN3O2. The third-order valence-corrected chi connectivity index (χ3v) is 5.18. The first-order valence-corrected chi connectivity index (χ1v) is 9.25. The smallest absolute Gasteiger partial charge is 0.160 e. The van der Waals surface area contributed by atoms with Gasteiger partial charge in [-0.2, -0.15) is 0 Å². The van der Waals surface area contributed by atoms with Crippen molar-refractivity contribution in [1.29, 1.82) is 0 Å². The van der Waals surface area contributed by atoms with Crippen molar-refractivity contribution in [3.05, 3.63) is 48.2 Å². The maximum atomic E-state index is 5.42. The molecule has 2 unspecified atom stereocenters. The quantitative estimate of drug-likeness (QED) is 0.751. The number of piperazine rings is 1. The van der Waals surface area contributed by atoms with Gasteiger partial charge in [0.2, 0.25) is 0 Å². The molecule has 1 aliphatic rings. The lowest BCUT2D eigenvalue weighted by Crippen LogP contribution is -2.57. The highest BCUT2D eigenvalue weighted by Crippen LogP contribution is 2.28. The molecule has 0 saturated carbocycles. The highest BCUT2D eigenvalue weighted by atomic mass is 35.5. The SMILES string of the molecule is COc1ccc(CCN2C(C)CN(c3ccccn3)CC2C)cc1OC.Cl. The number of nitrogens with zero attached hydrogens (tertiary/aromatic N) is 3. The number of ether oxygens (including phenoxy) is 2. The summed E-state index contributed by atoms with van der Waals surface area (Å²) in [6, 6.07) is 13.3. The number of anilines is 1. The predicted molar refractivity (Wildman–Crippen MR) is 113 cm³/mol. The van der Waals surface area contributed by atoms with Crippen LogP contribution in [0.2, 0.25) is 0 Å². The second kappa shape index (κ2) is 9.81. The molecule has 2 aromatic rings. The zero-order chi connectivity index (χ0) is 18.5. The van der Waals surface area contributed by atoms with E-state index in [1.54, 1.807) is 14.2 Å². The molecule has 0 N–H and O–H groups in total. The molecule has 2 heterocycles. The van der Waals surface area contributed by atoms with E-state index in [-0.39, 0.29) is 12.4 Å². The number of hydrogen-bond donors (Lipinski definition) is 0. The van der Waals surface area contributed by atoms with Gasteiger partial charge in [0.05, 0.1) is 14.2 Å². The van der Waals surface area contributed by atoms with Crippen LogP contribution in [-0.2, 0) is 6.42 Å². The van der Waals surface area contributed by atoms with Gasteiger partial charge in [0.1, 0.15) is 5.82 Å². The first-order valence-electron chi connectivity index (χ1n) is 9.25. The highest BCUT2D eigenvalue weighted by molar-refractivity contribution is 5.85. The summed E-state index contributed by atoms with van der Waals surface area (Å²) in [6.07, 6.45) is 2.87. The van der Waals surface area contributed by atoms with E-state index in [9.17, 15) is 0 Å². The number of aromatic nitrogens is 1. The fourth-order valence-electron chi connectivity index (χ4n) is 3.82. The average Bonchev–Trinajstić information content (AvgIpc) is 2.67. The molecule has 1 saturated heterocycles. The summed E-state index contributed by atoms with van der Waals surface area (Å²) in [5, 5.41) is 0. The molecule has 148 valence electrons. The van der Waals surface area contributed by atoms with Crippen molar-refractivity contribution in [1.82, 2.24) is 9.88 Å². The van der Waals surface area contributed by atoms with Crippen LogP contribution in [0.1, 0.15) is 19.4 Å². The summed E-state index contributed by atoms with van der Waals surface area (Å²) >= 11 is 0. The van der Waals surface area contributed by atoms with Gasteiger partial charge in [0, 0.05) is 37.9 Å². The Bertz CT molecular complexity index is 702. The summed E-state index contributed by atoms with van der Waals surface area (Å²) in [5.74, 6) is 2.65. The normalized spacial score (nSPS) is 20.1. The predicted octanol–water partition coefficient (Wildman–Crippen LogP) is 3.66. The molecule has 0 spiro atoms. The van der Waals surface area contributed by atoms with Crippen LogP contribution in [0.25, 0.3) is 0 Å². The van der Waals surface area contributed by atoms with Crippen LogP contribution in [0.5, 0.6) is 11.5 Å². The van der Waals surface area contributed by atoms with Crippen molar-refractivity contribution in [3.63, 3.8) is 0 Å². The minimum Gasteiger partial charge on any atom is -0.493 e. The monoisotopic (exact) mass is 391 g/mol. The number of methoxy groups -OCH3 is 2.